The summed E-state index contributed by atoms with van der Waals surface area (Å²) in [6.07, 6.45) is -0.189. The normalized spacial score (nSPS) is 11.1. The van der Waals surface area contributed by atoms with Crippen LogP contribution in [0.25, 0.3) is 0 Å². The molecule has 1 heterocycles. The molecule has 162 valence electrons. The van der Waals surface area contributed by atoms with Crippen LogP contribution in [0.5, 0.6) is 0 Å². The van der Waals surface area contributed by atoms with Gasteiger partial charge in [-0.15, -0.1) is 0 Å². The summed E-state index contributed by atoms with van der Waals surface area (Å²) in [4.78, 5) is 42.4. The molecular weight excluding hydrogens is 386 g/mol. The summed E-state index contributed by atoms with van der Waals surface area (Å²) in [6.45, 7) is 8.88. The monoisotopic (exact) mass is 415 g/mol. The van der Waals surface area contributed by atoms with Crippen LogP contribution in [0.15, 0.2) is 30.3 Å². The number of nitrogens with zero attached hydrogens (tertiary/aromatic N) is 2. The molecule has 8 heteroatoms. The molecule has 1 aromatic carbocycles. The highest BCUT2D eigenvalue weighted by Crippen LogP contribution is 2.22. The molecule has 0 saturated heterocycles. The molecule has 0 atom stereocenters. The maximum Gasteiger partial charge on any atom is 0.344 e. The Balaban J connectivity index is 2.56. The summed E-state index contributed by atoms with van der Waals surface area (Å²) < 4.78 is 12.2. The third-order valence-corrected chi connectivity index (χ3v) is 4.78. The zero-order valence-electron chi connectivity index (χ0n) is 18.2. The molecular formula is C22H29N3O5. The van der Waals surface area contributed by atoms with Gasteiger partial charge >= 0.3 is 11.9 Å². The molecule has 1 aromatic heterocycles. The molecule has 0 fully saturated rings. The SMILES string of the molecule is CCOC(=O)C(Cc1nc(C)c(C)n1Cc1ccccc1)(NC(C)=O)C(=O)OCC. The summed E-state index contributed by atoms with van der Waals surface area (Å²) in [5.74, 6) is -1.82. The zero-order valence-corrected chi connectivity index (χ0v) is 18.2. The lowest BCUT2D eigenvalue weighted by Gasteiger charge is -2.29. The van der Waals surface area contributed by atoms with Crippen LogP contribution >= 0.6 is 0 Å². The van der Waals surface area contributed by atoms with Crippen LogP contribution < -0.4 is 5.32 Å². The van der Waals surface area contributed by atoms with Crippen molar-refractivity contribution >= 4 is 17.8 Å². The van der Waals surface area contributed by atoms with E-state index in [1.807, 2.05) is 48.7 Å². The van der Waals surface area contributed by atoms with Crippen LogP contribution in [-0.4, -0.2) is 46.1 Å². The lowest BCUT2D eigenvalue weighted by molar-refractivity contribution is -0.168. The average molecular weight is 415 g/mol. The van der Waals surface area contributed by atoms with Crippen LogP contribution in [0, 0.1) is 13.8 Å². The number of aromatic nitrogens is 2. The van der Waals surface area contributed by atoms with E-state index < -0.39 is 23.4 Å². The zero-order chi connectivity index (χ0) is 22.3. The van der Waals surface area contributed by atoms with Crippen molar-refractivity contribution in [3.05, 3.63) is 53.1 Å². The van der Waals surface area contributed by atoms with Crippen molar-refractivity contribution < 1.29 is 23.9 Å². The number of carbonyl (C=O) groups is 3. The molecule has 0 aliphatic heterocycles. The molecule has 0 spiro atoms. The van der Waals surface area contributed by atoms with Crippen molar-refractivity contribution in [3.8, 4) is 0 Å². The first kappa shape index (κ1) is 23.1. The predicted octanol–water partition coefficient (Wildman–Crippen LogP) is 2.09. The highest BCUT2D eigenvalue weighted by atomic mass is 16.6. The summed E-state index contributed by atoms with van der Waals surface area (Å²) >= 11 is 0. The van der Waals surface area contributed by atoms with E-state index in [-0.39, 0.29) is 19.6 Å². The number of benzene rings is 1. The van der Waals surface area contributed by atoms with E-state index in [1.165, 1.54) is 6.92 Å². The minimum atomic E-state index is -2.02. The summed E-state index contributed by atoms with van der Waals surface area (Å²) in [5, 5.41) is 2.49. The number of aryl methyl sites for hydroxylation is 1. The van der Waals surface area contributed by atoms with Gasteiger partial charge in [0.2, 0.25) is 11.4 Å². The molecule has 1 amide bonds. The molecule has 0 radical (unpaired) electrons. The quantitative estimate of drug-likeness (QED) is 0.497. The Kier molecular flexibility index (Phi) is 7.74. The second kappa shape index (κ2) is 10.0. The van der Waals surface area contributed by atoms with Crippen molar-refractivity contribution in [2.75, 3.05) is 13.2 Å². The van der Waals surface area contributed by atoms with Crippen LogP contribution in [0.1, 0.15) is 43.5 Å². The minimum Gasteiger partial charge on any atom is -0.464 e. The lowest BCUT2D eigenvalue weighted by atomic mass is 9.94. The molecule has 2 aromatic rings. The van der Waals surface area contributed by atoms with Crippen LogP contribution in [-0.2, 0) is 36.8 Å². The van der Waals surface area contributed by atoms with Gasteiger partial charge in [-0.25, -0.2) is 14.6 Å². The van der Waals surface area contributed by atoms with E-state index in [0.717, 1.165) is 17.0 Å². The van der Waals surface area contributed by atoms with Crippen LogP contribution in [0.2, 0.25) is 0 Å². The molecule has 0 saturated carbocycles. The largest absolute Gasteiger partial charge is 0.464 e. The van der Waals surface area contributed by atoms with Gasteiger partial charge < -0.3 is 19.4 Å². The number of ether oxygens (including phenoxy) is 2. The topological polar surface area (TPSA) is 99.5 Å². The maximum absolute atomic E-state index is 12.9. The van der Waals surface area contributed by atoms with Crippen molar-refractivity contribution in [1.82, 2.24) is 14.9 Å². The summed E-state index contributed by atoms with van der Waals surface area (Å²) in [5.41, 5.74) is 0.691. The van der Waals surface area contributed by atoms with Gasteiger partial charge in [0.1, 0.15) is 5.82 Å². The Morgan fingerprint density at radius 2 is 1.60 bits per heavy atom. The Morgan fingerprint density at radius 3 is 2.10 bits per heavy atom. The predicted molar refractivity (Wildman–Crippen MR) is 111 cm³/mol. The Labute approximate surface area is 176 Å². The lowest BCUT2D eigenvalue weighted by Crippen LogP contribution is -2.62. The highest BCUT2D eigenvalue weighted by Gasteiger charge is 2.51. The van der Waals surface area contributed by atoms with Gasteiger partial charge in [0.05, 0.1) is 25.3 Å². The van der Waals surface area contributed by atoms with Gasteiger partial charge in [0, 0.05) is 19.2 Å². The Bertz CT molecular complexity index is 887. The van der Waals surface area contributed by atoms with E-state index in [9.17, 15) is 14.4 Å². The first-order valence-electron chi connectivity index (χ1n) is 9.94. The second-order valence-corrected chi connectivity index (χ2v) is 6.97. The highest BCUT2D eigenvalue weighted by molar-refractivity contribution is 6.08. The second-order valence-electron chi connectivity index (χ2n) is 6.97. The summed E-state index contributed by atoms with van der Waals surface area (Å²) in [6, 6.07) is 9.77. The van der Waals surface area contributed by atoms with Gasteiger partial charge in [-0.05, 0) is 33.3 Å². The van der Waals surface area contributed by atoms with Crippen LogP contribution in [0.4, 0.5) is 0 Å². The van der Waals surface area contributed by atoms with E-state index in [0.29, 0.717) is 12.4 Å². The fourth-order valence-electron chi connectivity index (χ4n) is 3.25. The van der Waals surface area contributed by atoms with Gasteiger partial charge in [-0.3, -0.25) is 4.79 Å². The van der Waals surface area contributed by atoms with Crippen molar-refractivity contribution in [1.29, 1.82) is 0 Å². The standard InChI is InChI=1S/C22H29N3O5/c1-6-29-20(27)22(24-17(5)26,21(28)30-7-2)13-19-23-15(3)16(4)25(19)14-18-11-9-8-10-12-18/h8-12H,6-7,13-14H2,1-5H3,(H,24,26). The fourth-order valence-corrected chi connectivity index (χ4v) is 3.25. The van der Waals surface area contributed by atoms with Crippen molar-refractivity contribution in [3.63, 3.8) is 0 Å². The molecule has 8 nitrogen and oxygen atoms in total. The number of esters is 2. The Hall–Kier alpha value is -3.16. The maximum atomic E-state index is 12.9. The van der Waals surface area contributed by atoms with Gasteiger partial charge in [-0.2, -0.15) is 0 Å². The van der Waals surface area contributed by atoms with E-state index >= 15 is 0 Å². The van der Waals surface area contributed by atoms with E-state index in [1.54, 1.807) is 13.8 Å². The molecule has 1 N–H and O–H groups in total. The Morgan fingerprint density at radius 1 is 1.03 bits per heavy atom. The first-order chi connectivity index (χ1) is 14.2. The van der Waals surface area contributed by atoms with Gasteiger partial charge in [0.15, 0.2) is 0 Å². The molecule has 2 rings (SSSR count). The number of imidazole rings is 1. The minimum absolute atomic E-state index is 0.0517. The van der Waals surface area contributed by atoms with Gasteiger partial charge in [-0.1, -0.05) is 30.3 Å². The number of nitrogens with one attached hydrogen (secondary N) is 1. The number of hydrogen-bond acceptors (Lipinski definition) is 6. The number of hydrogen-bond donors (Lipinski definition) is 1. The average Bonchev–Trinajstić information content (AvgIpc) is 2.95. The molecule has 30 heavy (non-hydrogen) atoms. The first-order valence-corrected chi connectivity index (χ1v) is 9.94. The third-order valence-electron chi connectivity index (χ3n) is 4.78. The van der Waals surface area contributed by atoms with E-state index in [4.69, 9.17) is 9.47 Å². The van der Waals surface area contributed by atoms with Crippen molar-refractivity contribution in [2.24, 2.45) is 0 Å². The number of amides is 1. The fraction of sp³-hybridized carbons (Fsp3) is 0.455. The molecule has 0 bridgehead atoms. The van der Waals surface area contributed by atoms with Crippen molar-refractivity contribution in [2.45, 2.75) is 53.1 Å². The molecule has 0 unspecified atom stereocenters. The van der Waals surface area contributed by atoms with E-state index in [2.05, 4.69) is 10.3 Å². The third kappa shape index (κ3) is 5.06. The van der Waals surface area contributed by atoms with Crippen LogP contribution in [0.3, 0.4) is 0 Å². The van der Waals surface area contributed by atoms with Gasteiger partial charge in [0.25, 0.3) is 0 Å². The number of carbonyl (C=O) groups excluding carboxylic acids is 3. The number of rotatable bonds is 9. The smallest absolute Gasteiger partial charge is 0.344 e. The summed E-state index contributed by atoms with van der Waals surface area (Å²) in [7, 11) is 0. The molecule has 0 aliphatic carbocycles. The molecule has 0 aliphatic rings.